The number of carbonyl (C=O) groups excluding carboxylic acids is 1. The van der Waals surface area contributed by atoms with Gasteiger partial charge < -0.3 is 20.1 Å². The van der Waals surface area contributed by atoms with Crippen molar-refractivity contribution in [1.29, 1.82) is 0 Å². The summed E-state index contributed by atoms with van der Waals surface area (Å²) in [6, 6.07) is 4.05. The van der Waals surface area contributed by atoms with E-state index in [4.69, 9.17) is 14.9 Å². The minimum absolute atomic E-state index is 0.00527. The van der Waals surface area contributed by atoms with Crippen molar-refractivity contribution in [3.63, 3.8) is 0 Å². The Hall–Kier alpha value is -2.41. The highest BCUT2D eigenvalue weighted by Crippen LogP contribution is 2.22. The van der Waals surface area contributed by atoms with Gasteiger partial charge in [0.1, 0.15) is 0 Å². The van der Waals surface area contributed by atoms with E-state index in [0.717, 1.165) is 0 Å². The van der Waals surface area contributed by atoms with Gasteiger partial charge >= 0.3 is 17.9 Å². The molecule has 0 spiro atoms. The van der Waals surface area contributed by atoms with Gasteiger partial charge in [0.15, 0.2) is 6.10 Å². The highest BCUT2D eigenvalue weighted by Gasteiger charge is 2.22. The monoisotopic (exact) mass is 296 g/mol. The first-order valence-corrected chi connectivity index (χ1v) is 6.29. The lowest BCUT2D eigenvalue weighted by molar-refractivity contribution is -0.147. The molecule has 0 amide bonds. The Kier molecular flexibility index (Phi) is 5.86. The van der Waals surface area contributed by atoms with Crippen LogP contribution in [0.4, 0.5) is 0 Å². The number of aliphatic carboxylic acids is 2. The number of esters is 1. The molecule has 0 heterocycles. The van der Waals surface area contributed by atoms with E-state index < -0.39 is 24.0 Å². The second-order valence-corrected chi connectivity index (χ2v) is 4.27. The van der Waals surface area contributed by atoms with Crippen LogP contribution in [0.5, 0.6) is 0 Å². The van der Waals surface area contributed by atoms with Gasteiger partial charge in [0, 0.05) is 6.42 Å². The van der Waals surface area contributed by atoms with Crippen molar-refractivity contribution in [3.8, 4) is 0 Å². The van der Waals surface area contributed by atoms with Gasteiger partial charge in [-0.1, -0.05) is 6.07 Å². The first kappa shape index (κ1) is 16.6. The van der Waals surface area contributed by atoms with E-state index in [9.17, 15) is 19.5 Å². The molecule has 0 aromatic heterocycles. The van der Waals surface area contributed by atoms with Gasteiger partial charge in [-0.25, -0.2) is 9.59 Å². The number of benzene rings is 1. The van der Waals surface area contributed by atoms with E-state index in [2.05, 4.69) is 0 Å². The summed E-state index contributed by atoms with van der Waals surface area (Å²) in [5.41, 5.74) is 0.459. The second-order valence-electron chi connectivity index (χ2n) is 4.27. The normalized spacial score (nSPS) is 11.7. The van der Waals surface area contributed by atoms with Gasteiger partial charge in [-0.15, -0.1) is 0 Å². The van der Waals surface area contributed by atoms with Crippen molar-refractivity contribution in [3.05, 3.63) is 34.9 Å². The summed E-state index contributed by atoms with van der Waals surface area (Å²) in [4.78, 5) is 33.1. The molecular formula is C14H16O7. The first-order valence-electron chi connectivity index (χ1n) is 6.29. The zero-order chi connectivity index (χ0) is 16.0. The summed E-state index contributed by atoms with van der Waals surface area (Å²) >= 11 is 0. The van der Waals surface area contributed by atoms with Crippen LogP contribution in [0.15, 0.2) is 18.2 Å². The lowest BCUT2D eigenvalue weighted by Gasteiger charge is -2.13. The molecule has 3 N–H and O–H groups in total. The maximum Gasteiger partial charge on any atom is 0.338 e. The van der Waals surface area contributed by atoms with E-state index in [-0.39, 0.29) is 30.6 Å². The van der Waals surface area contributed by atoms with E-state index >= 15 is 0 Å². The Morgan fingerprint density at radius 1 is 1.24 bits per heavy atom. The second kappa shape index (κ2) is 7.39. The minimum Gasteiger partial charge on any atom is -0.481 e. The summed E-state index contributed by atoms with van der Waals surface area (Å²) in [6.45, 7) is 1.79. The molecule has 7 heteroatoms. The Morgan fingerprint density at radius 2 is 1.90 bits per heavy atom. The molecule has 7 nitrogen and oxygen atoms in total. The van der Waals surface area contributed by atoms with E-state index in [1.807, 2.05) is 0 Å². The van der Waals surface area contributed by atoms with Crippen molar-refractivity contribution in [1.82, 2.24) is 0 Å². The van der Waals surface area contributed by atoms with Crippen LogP contribution in [0.2, 0.25) is 0 Å². The average Bonchev–Trinajstić information content (AvgIpc) is 2.44. The van der Waals surface area contributed by atoms with Gasteiger partial charge in [0.05, 0.1) is 12.2 Å². The zero-order valence-corrected chi connectivity index (χ0v) is 11.4. The third-order valence-corrected chi connectivity index (χ3v) is 2.79. The van der Waals surface area contributed by atoms with E-state index in [1.165, 1.54) is 18.2 Å². The fraction of sp³-hybridized carbons (Fsp3) is 0.357. The molecule has 1 aromatic rings. The number of hydrogen-bond donors (Lipinski definition) is 3. The lowest BCUT2D eigenvalue weighted by atomic mass is 9.96. The van der Waals surface area contributed by atoms with Crippen LogP contribution in [-0.2, 0) is 20.7 Å². The van der Waals surface area contributed by atoms with Crippen molar-refractivity contribution in [2.75, 3.05) is 6.61 Å². The predicted molar refractivity (Wildman–Crippen MR) is 71.0 cm³/mol. The number of aliphatic hydroxyl groups excluding tert-OH is 1. The Balaban J connectivity index is 3.16. The smallest absolute Gasteiger partial charge is 0.338 e. The molecule has 0 saturated carbocycles. The van der Waals surface area contributed by atoms with Crippen LogP contribution >= 0.6 is 0 Å². The number of carbonyl (C=O) groups is 3. The highest BCUT2D eigenvalue weighted by molar-refractivity contribution is 5.90. The molecule has 0 aliphatic rings. The van der Waals surface area contributed by atoms with Crippen molar-refractivity contribution < 1.29 is 34.4 Å². The number of hydrogen-bond acceptors (Lipinski definition) is 5. The van der Waals surface area contributed by atoms with Crippen molar-refractivity contribution in [2.45, 2.75) is 25.9 Å². The maximum absolute atomic E-state index is 11.6. The van der Waals surface area contributed by atoms with Crippen LogP contribution < -0.4 is 0 Å². The lowest BCUT2D eigenvalue weighted by Crippen LogP contribution is -2.15. The number of aryl methyl sites for hydroxylation is 1. The molecule has 0 aliphatic heterocycles. The Morgan fingerprint density at radius 3 is 2.43 bits per heavy atom. The van der Waals surface area contributed by atoms with E-state index in [1.54, 1.807) is 6.92 Å². The molecule has 1 aromatic carbocycles. The molecule has 21 heavy (non-hydrogen) atoms. The summed E-state index contributed by atoms with van der Waals surface area (Å²) in [6.07, 6.45) is -1.99. The minimum atomic E-state index is -1.83. The van der Waals surface area contributed by atoms with Crippen LogP contribution in [0.1, 0.15) is 40.9 Å². The SMILES string of the molecule is CCOC(=O)c1ccc(CCC(=O)O)c(C(O)C(=O)O)c1. The predicted octanol–water partition coefficient (Wildman–Crippen LogP) is 0.998. The molecule has 0 saturated heterocycles. The largest absolute Gasteiger partial charge is 0.481 e. The van der Waals surface area contributed by atoms with Crippen LogP contribution in [0, 0.1) is 0 Å². The van der Waals surface area contributed by atoms with Gasteiger partial charge in [-0.2, -0.15) is 0 Å². The van der Waals surface area contributed by atoms with Crippen molar-refractivity contribution >= 4 is 17.9 Å². The van der Waals surface area contributed by atoms with Crippen LogP contribution in [-0.4, -0.2) is 39.8 Å². The molecular weight excluding hydrogens is 280 g/mol. The summed E-state index contributed by atoms with van der Waals surface area (Å²) in [5.74, 6) is -3.16. The number of carboxylic acids is 2. The van der Waals surface area contributed by atoms with Crippen molar-refractivity contribution in [2.24, 2.45) is 0 Å². The number of aliphatic hydroxyl groups is 1. The molecule has 0 fully saturated rings. The first-order chi connectivity index (χ1) is 9.86. The molecule has 1 atom stereocenters. The van der Waals surface area contributed by atoms with Gasteiger partial charge in [0.25, 0.3) is 0 Å². The Bertz CT molecular complexity index is 550. The fourth-order valence-electron chi connectivity index (χ4n) is 1.79. The number of ether oxygens (including phenoxy) is 1. The van der Waals surface area contributed by atoms with Gasteiger partial charge in [-0.05, 0) is 36.6 Å². The van der Waals surface area contributed by atoms with E-state index in [0.29, 0.717) is 5.56 Å². The maximum atomic E-state index is 11.6. The highest BCUT2D eigenvalue weighted by atomic mass is 16.5. The standard InChI is InChI=1S/C14H16O7/c1-2-21-14(20)9-4-3-8(5-6-11(15)16)10(7-9)12(17)13(18)19/h3-4,7,12,17H,2,5-6H2,1H3,(H,15,16)(H,18,19). The topological polar surface area (TPSA) is 121 Å². The fourth-order valence-corrected chi connectivity index (χ4v) is 1.79. The third-order valence-electron chi connectivity index (χ3n) is 2.79. The zero-order valence-electron chi connectivity index (χ0n) is 11.4. The number of rotatable bonds is 7. The summed E-state index contributed by atoms with van der Waals surface area (Å²) in [7, 11) is 0. The summed E-state index contributed by atoms with van der Waals surface area (Å²) in [5, 5.41) is 27.2. The average molecular weight is 296 g/mol. The van der Waals surface area contributed by atoms with Crippen LogP contribution in [0.25, 0.3) is 0 Å². The van der Waals surface area contributed by atoms with Crippen LogP contribution in [0.3, 0.4) is 0 Å². The molecule has 1 rings (SSSR count). The van der Waals surface area contributed by atoms with Gasteiger partial charge in [0.2, 0.25) is 0 Å². The Labute approximate surface area is 120 Å². The summed E-state index contributed by atoms with van der Waals surface area (Å²) < 4.78 is 4.80. The molecule has 0 bridgehead atoms. The number of carboxylic acid groups (broad SMARTS) is 2. The molecule has 1 unspecified atom stereocenters. The quantitative estimate of drug-likeness (QED) is 0.642. The molecule has 114 valence electrons. The third kappa shape index (κ3) is 4.57. The van der Waals surface area contributed by atoms with Gasteiger partial charge in [-0.3, -0.25) is 4.79 Å². The molecule has 0 radical (unpaired) electrons. The molecule has 0 aliphatic carbocycles.